The molecular formula is C20H23N3O3. The molecule has 1 unspecified atom stereocenters. The van der Waals surface area contributed by atoms with Gasteiger partial charge in [-0.05, 0) is 42.1 Å². The van der Waals surface area contributed by atoms with Crippen LogP contribution in [0.25, 0.3) is 10.9 Å². The van der Waals surface area contributed by atoms with Crippen LogP contribution >= 0.6 is 0 Å². The number of furan rings is 1. The zero-order chi connectivity index (χ0) is 17.9. The van der Waals surface area contributed by atoms with E-state index in [4.69, 9.17) is 9.15 Å². The fourth-order valence-corrected chi connectivity index (χ4v) is 3.38. The Bertz CT molecular complexity index is 885. The van der Waals surface area contributed by atoms with E-state index in [2.05, 4.69) is 29.1 Å². The fourth-order valence-electron chi connectivity index (χ4n) is 3.38. The number of aryl methyl sites for hydroxylation is 1. The number of hydrogen-bond donors (Lipinski definition) is 1. The predicted molar refractivity (Wildman–Crippen MR) is 100 cm³/mol. The number of hydrogen-bond acceptors (Lipinski definition) is 3. The lowest BCUT2D eigenvalue weighted by molar-refractivity contribution is -0.0242. The molecule has 1 N–H and O–H groups in total. The van der Waals surface area contributed by atoms with Crippen LogP contribution in [0.2, 0.25) is 0 Å². The van der Waals surface area contributed by atoms with Gasteiger partial charge in [-0.2, -0.15) is 0 Å². The van der Waals surface area contributed by atoms with Crippen molar-refractivity contribution in [2.24, 2.45) is 0 Å². The van der Waals surface area contributed by atoms with Crippen LogP contribution in [0.5, 0.6) is 0 Å². The lowest BCUT2D eigenvalue weighted by atomic mass is 10.2. The largest absolute Gasteiger partial charge is 0.467 e. The first-order valence-electron chi connectivity index (χ1n) is 9.04. The fraction of sp³-hybridized carbons (Fsp3) is 0.350. The Morgan fingerprint density at radius 3 is 3.04 bits per heavy atom. The summed E-state index contributed by atoms with van der Waals surface area (Å²) < 4.78 is 13.3. The molecule has 1 aliphatic heterocycles. The zero-order valence-corrected chi connectivity index (χ0v) is 14.9. The molecule has 0 bridgehead atoms. The molecule has 0 spiro atoms. The smallest absolute Gasteiger partial charge is 0.322 e. The summed E-state index contributed by atoms with van der Waals surface area (Å²) >= 11 is 0. The molecule has 3 aromatic rings. The van der Waals surface area contributed by atoms with E-state index in [0.29, 0.717) is 19.7 Å². The maximum absolute atomic E-state index is 12.7. The minimum absolute atomic E-state index is 0.113. The van der Waals surface area contributed by atoms with Crippen LogP contribution in [0.3, 0.4) is 0 Å². The van der Waals surface area contributed by atoms with Crippen LogP contribution < -0.4 is 5.32 Å². The first kappa shape index (κ1) is 16.7. The number of carbonyl (C=O) groups is 1. The van der Waals surface area contributed by atoms with E-state index in [-0.39, 0.29) is 12.1 Å². The average molecular weight is 353 g/mol. The molecule has 1 atom stereocenters. The van der Waals surface area contributed by atoms with Gasteiger partial charge < -0.3 is 23.9 Å². The summed E-state index contributed by atoms with van der Waals surface area (Å²) in [7, 11) is 0. The van der Waals surface area contributed by atoms with Gasteiger partial charge in [0.25, 0.3) is 0 Å². The highest BCUT2D eigenvalue weighted by Gasteiger charge is 2.27. The first-order chi connectivity index (χ1) is 12.7. The SMILES string of the molecule is CCCn1ccc2ccc(NC(=O)N3CCOC(c4ccco4)C3)cc21. The number of rotatable bonds is 4. The normalized spacial score (nSPS) is 17.6. The van der Waals surface area contributed by atoms with Gasteiger partial charge in [-0.1, -0.05) is 13.0 Å². The molecular weight excluding hydrogens is 330 g/mol. The molecule has 1 aromatic carbocycles. The van der Waals surface area contributed by atoms with Crippen molar-refractivity contribution in [3.63, 3.8) is 0 Å². The molecule has 2 amide bonds. The highest BCUT2D eigenvalue weighted by Crippen LogP contribution is 2.24. The molecule has 136 valence electrons. The molecule has 6 nitrogen and oxygen atoms in total. The van der Waals surface area contributed by atoms with Gasteiger partial charge in [0.05, 0.1) is 24.9 Å². The molecule has 0 radical (unpaired) electrons. The summed E-state index contributed by atoms with van der Waals surface area (Å²) in [5.41, 5.74) is 1.94. The van der Waals surface area contributed by atoms with Crippen LogP contribution in [0.4, 0.5) is 10.5 Å². The summed E-state index contributed by atoms with van der Waals surface area (Å²) in [5, 5.41) is 4.20. The highest BCUT2D eigenvalue weighted by atomic mass is 16.5. The van der Waals surface area contributed by atoms with Crippen LogP contribution in [-0.4, -0.2) is 35.2 Å². The standard InChI is InChI=1S/C20H23N3O3/c1-2-8-22-9-7-15-5-6-16(13-17(15)22)21-20(24)23-10-12-26-19(14-23)18-4-3-11-25-18/h3-7,9,11,13,19H,2,8,10,12,14H2,1H3,(H,21,24). The maximum Gasteiger partial charge on any atom is 0.322 e. The van der Waals surface area contributed by atoms with Crippen molar-refractivity contribution in [2.45, 2.75) is 26.0 Å². The van der Waals surface area contributed by atoms with Crippen LogP contribution in [-0.2, 0) is 11.3 Å². The Hall–Kier alpha value is -2.73. The van der Waals surface area contributed by atoms with Crippen molar-refractivity contribution in [1.82, 2.24) is 9.47 Å². The van der Waals surface area contributed by atoms with Crippen molar-refractivity contribution in [3.8, 4) is 0 Å². The van der Waals surface area contributed by atoms with Gasteiger partial charge >= 0.3 is 6.03 Å². The van der Waals surface area contributed by atoms with Crippen molar-refractivity contribution >= 4 is 22.6 Å². The number of nitrogens with one attached hydrogen (secondary N) is 1. The zero-order valence-electron chi connectivity index (χ0n) is 14.9. The van der Waals surface area contributed by atoms with Gasteiger partial charge in [-0.15, -0.1) is 0 Å². The average Bonchev–Trinajstić information content (AvgIpc) is 3.33. The second-order valence-corrected chi connectivity index (χ2v) is 6.53. The van der Waals surface area contributed by atoms with E-state index in [1.54, 1.807) is 11.2 Å². The number of fused-ring (bicyclic) bond motifs is 1. The molecule has 26 heavy (non-hydrogen) atoms. The molecule has 1 saturated heterocycles. The minimum Gasteiger partial charge on any atom is -0.467 e. The Labute approximate surface area is 152 Å². The second-order valence-electron chi connectivity index (χ2n) is 6.53. The summed E-state index contributed by atoms with van der Waals surface area (Å²) in [6.07, 6.45) is 4.57. The van der Waals surface area contributed by atoms with Crippen molar-refractivity contribution in [3.05, 3.63) is 54.6 Å². The predicted octanol–water partition coefficient (Wildman–Crippen LogP) is 4.25. The minimum atomic E-state index is -0.214. The maximum atomic E-state index is 12.7. The Morgan fingerprint density at radius 2 is 2.23 bits per heavy atom. The van der Waals surface area contributed by atoms with Gasteiger partial charge in [-0.3, -0.25) is 0 Å². The van der Waals surface area contributed by atoms with Crippen molar-refractivity contribution in [1.29, 1.82) is 0 Å². The van der Waals surface area contributed by atoms with Crippen molar-refractivity contribution < 1.29 is 13.9 Å². The molecule has 3 heterocycles. The molecule has 1 aliphatic rings. The number of anilines is 1. The molecule has 0 saturated carbocycles. The van der Waals surface area contributed by atoms with Gasteiger partial charge in [-0.25, -0.2) is 4.79 Å². The Balaban J connectivity index is 1.47. The number of amides is 2. The molecule has 1 fully saturated rings. The number of ether oxygens (including phenoxy) is 1. The van der Waals surface area contributed by atoms with Gasteiger partial charge in [0.1, 0.15) is 11.9 Å². The van der Waals surface area contributed by atoms with Gasteiger partial charge in [0.15, 0.2) is 0 Å². The van der Waals surface area contributed by atoms with Crippen molar-refractivity contribution in [2.75, 3.05) is 25.0 Å². The third-order valence-electron chi connectivity index (χ3n) is 4.70. The molecule has 4 rings (SSSR count). The van der Waals surface area contributed by atoms with Gasteiger partial charge in [0, 0.05) is 25.0 Å². The number of morpholine rings is 1. The molecule has 2 aromatic heterocycles. The lowest BCUT2D eigenvalue weighted by Gasteiger charge is -2.32. The number of urea groups is 1. The Kier molecular flexibility index (Phi) is 4.67. The molecule has 6 heteroatoms. The van der Waals surface area contributed by atoms with Crippen LogP contribution in [0.15, 0.2) is 53.3 Å². The van der Waals surface area contributed by atoms with Gasteiger partial charge in [0.2, 0.25) is 0 Å². The van der Waals surface area contributed by atoms with E-state index >= 15 is 0 Å². The van der Waals surface area contributed by atoms with E-state index in [1.165, 1.54) is 5.39 Å². The first-order valence-corrected chi connectivity index (χ1v) is 9.04. The summed E-state index contributed by atoms with van der Waals surface area (Å²) in [6, 6.07) is 11.7. The van der Waals surface area contributed by atoms with E-state index in [1.807, 2.05) is 30.3 Å². The lowest BCUT2D eigenvalue weighted by Crippen LogP contribution is -2.44. The summed E-state index contributed by atoms with van der Waals surface area (Å²) in [6.45, 7) is 4.67. The third kappa shape index (κ3) is 3.32. The number of aromatic nitrogens is 1. The number of carbonyl (C=O) groups excluding carboxylic acids is 1. The number of nitrogens with zero attached hydrogens (tertiary/aromatic N) is 2. The van der Waals surface area contributed by atoms with E-state index in [0.717, 1.165) is 29.9 Å². The Morgan fingerprint density at radius 1 is 1.31 bits per heavy atom. The monoisotopic (exact) mass is 353 g/mol. The van der Waals surface area contributed by atoms with Crippen LogP contribution in [0, 0.1) is 0 Å². The third-order valence-corrected chi connectivity index (χ3v) is 4.70. The van der Waals surface area contributed by atoms with Crippen LogP contribution in [0.1, 0.15) is 25.2 Å². The quantitative estimate of drug-likeness (QED) is 0.763. The molecule has 0 aliphatic carbocycles. The van der Waals surface area contributed by atoms with E-state index in [9.17, 15) is 4.79 Å². The number of benzene rings is 1. The summed E-state index contributed by atoms with van der Waals surface area (Å²) in [5.74, 6) is 0.751. The highest BCUT2D eigenvalue weighted by molar-refractivity contribution is 5.93. The van der Waals surface area contributed by atoms with E-state index < -0.39 is 0 Å². The second kappa shape index (κ2) is 7.25. The topological polar surface area (TPSA) is 59.6 Å². The summed E-state index contributed by atoms with van der Waals surface area (Å²) in [4.78, 5) is 14.5.